The zero-order valence-electron chi connectivity index (χ0n) is 20.6. The summed E-state index contributed by atoms with van der Waals surface area (Å²) in [5.74, 6) is 1.14. The largest absolute Gasteiger partial charge is 0.463 e. The number of aromatic nitrogens is 4. The zero-order chi connectivity index (χ0) is 24.5. The summed E-state index contributed by atoms with van der Waals surface area (Å²) in [6.07, 6.45) is 4.94. The summed E-state index contributed by atoms with van der Waals surface area (Å²) in [5.41, 5.74) is 5.85. The molecule has 1 aliphatic heterocycles. The van der Waals surface area contributed by atoms with E-state index >= 15 is 0 Å². The van der Waals surface area contributed by atoms with Gasteiger partial charge in [-0.2, -0.15) is 5.10 Å². The molecule has 3 aromatic heterocycles. The van der Waals surface area contributed by atoms with Gasteiger partial charge in [-0.1, -0.05) is 31.5 Å². The molecule has 1 aliphatic rings. The predicted octanol–water partition coefficient (Wildman–Crippen LogP) is 4.62. The van der Waals surface area contributed by atoms with E-state index in [2.05, 4.69) is 65.9 Å². The van der Waals surface area contributed by atoms with Crippen LogP contribution in [0, 0.1) is 13.8 Å². The third-order valence-electron chi connectivity index (χ3n) is 6.45. The Morgan fingerprint density at radius 3 is 2.54 bits per heavy atom. The van der Waals surface area contributed by atoms with Gasteiger partial charge in [-0.15, -0.1) is 0 Å². The van der Waals surface area contributed by atoms with Gasteiger partial charge < -0.3 is 14.2 Å². The summed E-state index contributed by atoms with van der Waals surface area (Å²) >= 11 is 0. The van der Waals surface area contributed by atoms with Crippen LogP contribution in [0.25, 0.3) is 17.4 Å². The Labute approximate surface area is 205 Å². The highest BCUT2D eigenvalue weighted by Crippen LogP contribution is 2.26. The Morgan fingerprint density at radius 2 is 1.86 bits per heavy atom. The number of anilines is 1. The second-order valence-corrected chi connectivity index (χ2v) is 9.30. The second kappa shape index (κ2) is 9.37. The standard InChI is InChI=1S/C27H30N6O2/c1-18(2)25-21(17-29-33(25)27-28-10-9-22(30-27)24-6-5-15-35-24)26(34)32-13-11-31(12-14-32)23-8-7-19(3)16-20(23)4/h5-10,15-18H,11-14H2,1-4H3. The van der Waals surface area contributed by atoms with Gasteiger partial charge in [0.2, 0.25) is 0 Å². The van der Waals surface area contributed by atoms with E-state index in [1.807, 2.05) is 17.0 Å². The van der Waals surface area contributed by atoms with Crippen LogP contribution in [-0.4, -0.2) is 56.7 Å². The van der Waals surface area contributed by atoms with Crippen LogP contribution in [0.1, 0.15) is 46.9 Å². The maximum absolute atomic E-state index is 13.6. The molecule has 0 atom stereocenters. The SMILES string of the molecule is Cc1ccc(N2CCN(C(=O)c3cnn(-c4nccc(-c5ccco5)n4)c3C(C)C)CC2)c(C)c1. The molecule has 5 rings (SSSR count). The number of hydrogen-bond acceptors (Lipinski definition) is 6. The number of furan rings is 1. The van der Waals surface area contributed by atoms with Crippen LogP contribution in [0.2, 0.25) is 0 Å². The minimum absolute atomic E-state index is 0.00224. The van der Waals surface area contributed by atoms with Gasteiger partial charge in [-0.05, 0) is 49.6 Å². The first-order valence-corrected chi connectivity index (χ1v) is 12.0. The molecule has 0 aliphatic carbocycles. The lowest BCUT2D eigenvalue weighted by atomic mass is 10.0. The molecule has 8 heteroatoms. The fourth-order valence-electron chi connectivity index (χ4n) is 4.73. The van der Waals surface area contributed by atoms with Crippen molar-refractivity contribution in [1.29, 1.82) is 0 Å². The summed E-state index contributed by atoms with van der Waals surface area (Å²) < 4.78 is 7.16. The van der Waals surface area contributed by atoms with Crippen molar-refractivity contribution in [3.05, 3.63) is 77.4 Å². The van der Waals surface area contributed by atoms with Crippen LogP contribution in [0.3, 0.4) is 0 Å². The number of carbonyl (C=O) groups is 1. The third kappa shape index (κ3) is 4.43. The summed E-state index contributed by atoms with van der Waals surface area (Å²) in [5, 5.41) is 4.53. The van der Waals surface area contributed by atoms with Crippen molar-refractivity contribution < 1.29 is 9.21 Å². The average Bonchev–Trinajstić information content (AvgIpc) is 3.55. The van der Waals surface area contributed by atoms with Gasteiger partial charge in [0, 0.05) is 38.1 Å². The number of piperazine rings is 1. The molecule has 0 N–H and O–H groups in total. The number of aryl methyl sites for hydroxylation is 2. The second-order valence-electron chi connectivity index (χ2n) is 9.30. The van der Waals surface area contributed by atoms with Gasteiger partial charge in [-0.3, -0.25) is 4.79 Å². The molecular formula is C27H30N6O2. The van der Waals surface area contributed by atoms with Crippen LogP contribution in [-0.2, 0) is 0 Å². The lowest BCUT2D eigenvalue weighted by Crippen LogP contribution is -2.49. The Morgan fingerprint density at radius 1 is 1.06 bits per heavy atom. The van der Waals surface area contributed by atoms with Crippen LogP contribution in [0.5, 0.6) is 0 Å². The quantitative estimate of drug-likeness (QED) is 0.423. The third-order valence-corrected chi connectivity index (χ3v) is 6.45. The minimum Gasteiger partial charge on any atom is -0.463 e. The zero-order valence-corrected chi connectivity index (χ0v) is 20.6. The summed E-state index contributed by atoms with van der Waals surface area (Å²) in [7, 11) is 0. The number of nitrogens with zero attached hydrogens (tertiary/aromatic N) is 6. The maximum atomic E-state index is 13.6. The van der Waals surface area contributed by atoms with Gasteiger partial charge in [-0.25, -0.2) is 14.6 Å². The van der Waals surface area contributed by atoms with Crippen molar-refractivity contribution in [3.8, 4) is 17.4 Å². The molecule has 0 radical (unpaired) electrons. The maximum Gasteiger partial charge on any atom is 0.257 e. The lowest BCUT2D eigenvalue weighted by molar-refractivity contribution is 0.0745. The first kappa shape index (κ1) is 22.8. The summed E-state index contributed by atoms with van der Waals surface area (Å²) in [4.78, 5) is 26.9. The summed E-state index contributed by atoms with van der Waals surface area (Å²) in [6.45, 7) is 11.3. The van der Waals surface area contributed by atoms with Gasteiger partial charge in [0.25, 0.3) is 11.9 Å². The van der Waals surface area contributed by atoms with Gasteiger partial charge >= 0.3 is 0 Å². The van der Waals surface area contributed by atoms with Gasteiger partial charge in [0.15, 0.2) is 5.76 Å². The predicted molar refractivity (Wildman–Crippen MR) is 135 cm³/mol. The molecule has 1 fully saturated rings. The minimum atomic E-state index is 0.00224. The Balaban J connectivity index is 1.37. The van der Waals surface area contributed by atoms with Crippen molar-refractivity contribution in [1.82, 2.24) is 24.6 Å². The van der Waals surface area contributed by atoms with Crippen molar-refractivity contribution in [2.75, 3.05) is 31.1 Å². The Hall–Kier alpha value is -3.94. The number of rotatable bonds is 5. The lowest BCUT2D eigenvalue weighted by Gasteiger charge is -2.37. The molecule has 1 aromatic carbocycles. The van der Waals surface area contributed by atoms with E-state index in [0.717, 1.165) is 18.8 Å². The topological polar surface area (TPSA) is 80.3 Å². The van der Waals surface area contributed by atoms with Crippen LogP contribution in [0.4, 0.5) is 5.69 Å². The van der Waals surface area contributed by atoms with Crippen molar-refractivity contribution in [3.63, 3.8) is 0 Å². The number of carbonyl (C=O) groups excluding carboxylic acids is 1. The molecule has 0 spiro atoms. The smallest absolute Gasteiger partial charge is 0.257 e. The molecule has 4 heterocycles. The Bertz CT molecular complexity index is 1330. The van der Waals surface area contributed by atoms with E-state index in [-0.39, 0.29) is 11.8 Å². The van der Waals surface area contributed by atoms with Crippen LogP contribution in [0.15, 0.2) is 59.5 Å². The van der Waals surface area contributed by atoms with Crippen molar-refractivity contribution >= 4 is 11.6 Å². The van der Waals surface area contributed by atoms with E-state index in [1.54, 1.807) is 29.4 Å². The normalized spacial score (nSPS) is 14.1. The number of benzene rings is 1. The highest BCUT2D eigenvalue weighted by molar-refractivity contribution is 5.95. The average molecular weight is 471 g/mol. The van der Waals surface area contributed by atoms with Crippen LogP contribution < -0.4 is 4.90 Å². The summed E-state index contributed by atoms with van der Waals surface area (Å²) in [6, 6.07) is 12.0. The molecule has 0 saturated carbocycles. The van der Waals surface area contributed by atoms with E-state index in [1.165, 1.54) is 16.8 Å². The monoisotopic (exact) mass is 470 g/mol. The van der Waals surface area contributed by atoms with Crippen LogP contribution >= 0.6 is 0 Å². The van der Waals surface area contributed by atoms with E-state index < -0.39 is 0 Å². The van der Waals surface area contributed by atoms with Gasteiger partial charge in [0.1, 0.15) is 5.69 Å². The molecule has 4 aromatic rings. The number of amides is 1. The van der Waals surface area contributed by atoms with Crippen molar-refractivity contribution in [2.24, 2.45) is 0 Å². The molecule has 35 heavy (non-hydrogen) atoms. The molecule has 1 amide bonds. The molecule has 0 bridgehead atoms. The molecule has 180 valence electrons. The van der Waals surface area contributed by atoms with Crippen molar-refractivity contribution in [2.45, 2.75) is 33.6 Å². The molecule has 8 nitrogen and oxygen atoms in total. The fourth-order valence-corrected chi connectivity index (χ4v) is 4.73. The van der Waals surface area contributed by atoms with E-state index in [9.17, 15) is 4.79 Å². The van der Waals surface area contributed by atoms with E-state index in [0.29, 0.717) is 36.1 Å². The van der Waals surface area contributed by atoms with E-state index in [4.69, 9.17) is 4.42 Å². The molecule has 0 unspecified atom stereocenters. The Kier molecular flexibility index (Phi) is 6.11. The highest BCUT2D eigenvalue weighted by Gasteiger charge is 2.28. The number of hydrogen-bond donors (Lipinski definition) is 0. The fraction of sp³-hybridized carbons (Fsp3) is 0.333. The molecule has 1 saturated heterocycles. The first-order chi connectivity index (χ1) is 16.9. The molecular weight excluding hydrogens is 440 g/mol. The first-order valence-electron chi connectivity index (χ1n) is 12.0. The van der Waals surface area contributed by atoms with Gasteiger partial charge in [0.05, 0.1) is 23.7 Å². The highest BCUT2D eigenvalue weighted by atomic mass is 16.3.